The number of nitrogens with zero attached hydrogens (tertiary/aromatic N) is 4. The van der Waals surface area contributed by atoms with Crippen LogP contribution >= 0.6 is 0 Å². The van der Waals surface area contributed by atoms with Gasteiger partial charge in [0.15, 0.2) is 0 Å². The van der Waals surface area contributed by atoms with Crippen molar-refractivity contribution < 1.29 is 0 Å². The summed E-state index contributed by atoms with van der Waals surface area (Å²) in [5.41, 5.74) is 7.68. The smallest absolute Gasteiger partial charge is 0.139 e. The van der Waals surface area contributed by atoms with Crippen molar-refractivity contribution in [2.75, 3.05) is 11.1 Å². The Kier molecular flexibility index (Phi) is 2.95. The third kappa shape index (κ3) is 2.35. The summed E-state index contributed by atoms with van der Waals surface area (Å²) in [6, 6.07) is 0. The first-order chi connectivity index (χ1) is 8.08. The number of nitrogen functional groups attached to an aromatic ring is 1. The quantitative estimate of drug-likeness (QED) is 0.841. The van der Waals surface area contributed by atoms with Gasteiger partial charge in [-0.25, -0.2) is 9.97 Å². The zero-order valence-electron chi connectivity index (χ0n) is 10.2. The lowest BCUT2D eigenvalue weighted by atomic mass is 10.0. The highest BCUT2D eigenvalue weighted by molar-refractivity contribution is 5.63. The molecule has 2 aromatic heterocycles. The first kappa shape index (κ1) is 11.4. The van der Waals surface area contributed by atoms with Crippen LogP contribution in [0.4, 0.5) is 17.3 Å². The van der Waals surface area contributed by atoms with E-state index < -0.39 is 0 Å². The number of aryl methyl sites for hydroxylation is 1. The molecule has 0 spiro atoms. The van der Waals surface area contributed by atoms with Crippen LogP contribution in [-0.2, 0) is 7.05 Å². The Morgan fingerprint density at radius 3 is 2.71 bits per heavy atom. The fourth-order valence-corrected chi connectivity index (χ4v) is 1.70. The summed E-state index contributed by atoms with van der Waals surface area (Å²) in [7, 11) is 1.86. The molecule has 2 heterocycles. The van der Waals surface area contributed by atoms with Crippen molar-refractivity contribution in [1.29, 1.82) is 0 Å². The second kappa shape index (κ2) is 4.40. The molecule has 0 bridgehead atoms. The predicted octanol–water partition coefficient (Wildman–Crippen LogP) is 1.66. The van der Waals surface area contributed by atoms with E-state index in [4.69, 9.17) is 5.73 Å². The highest BCUT2D eigenvalue weighted by atomic mass is 15.3. The molecule has 0 fully saturated rings. The van der Waals surface area contributed by atoms with Crippen LogP contribution in [0.15, 0.2) is 18.7 Å². The van der Waals surface area contributed by atoms with Gasteiger partial charge in [-0.3, -0.25) is 4.68 Å². The van der Waals surface area contributed by atoms with E-state index in [2.05, 4.69) is 34.2 Å². The average molecular weight is 232 g/mol. The summed E-state index contributed by atoms with van der Waals surface area (Å²) in [5, 5.41) is 7.29. The maximum Gasteiger partial charge on any atom is 0.139 e. The van der Waals surface area contributed by atoms with Gasteiger partial charge in [-0.15, -0.1) is 0 Å². The maximum atomic E-state index is 5.87. The zero-order valence-corrected chi connectivity index (χ0v) is 10.2. The van der Waals surface area contributed by atoms with Crippen molar-refractivity contribution in [3.05, 3.63) is 24.3 Å². The molecular formula is C11H16N6. The molecule has 90 valence electrons. The highest BCUT2D eigenvalue weighted by Gasteiger charge is 2.13. The summed E-state index contributed by atoms with van der Waals surface area (Å²) in [6.45, 7) is 4.12. The first-order valence-electron chi connectivity index (χ1n) is 5.44. The molecule has 6 nitrogen and oxygen atoms in total. The van der Waals surface area contributed by atoms with E-state index in [0.29, 0.717) is 5.82 Å². The SMILES string of the molecule is CC(C)c1c(N)ncnc1Nc1cnn(C)c1. The maximum absolute atomic E-state index is 5.87. The average Bonchev–Trinajstić information content (AvgIpc) is 2.63. The van der Waals surface area contributed by atoms with E-state index in [0.717, 1.165) is 17.1 Å². The molecule has 3 N–H and O–H groups in total. The Balaban J connectivity index is 2.35. The topological polar surface area (TPSA) is 81.7 Å². The number of aromatic nitrogens is 4. The van der Waals surface area contributed by atoms with Crippen LogP contribution in [0.5, 0.6) is 0 Å². The van der Waals surface area contributed by atoms with Crippen LogP contribution in [0.25, 0.3) is 0 Å². The normalized spacial score (nSPS) is 10.8. The van der Waals surface area contributed by atoms with Gasteiger partial charge in [-0.1, -0.05) is 13.8 Å². The van der Waals surface area contributed by atoms with Crippen molar-refractivity contribution in [3.8, 4) is 0 Å². The van der Waals surface area contributed by atoms with E-state index in [9.17, 15) is 0 Å². The van der Waals surface area contributed by atoms with Crippen LogP contribution < -0.4 is 11.1 Å². The van der Waals surface area contributed by atoms with Crippen molar-refractivity contribution in [3.63, 3.8) is 0 Å². The van der Waals surface area contributed by atoms with Crippen molar-refractivity contribution in [2.45, 2.75) is 19.8 Å². The van der Waals surface area contributed by atoms with Crippen LogP contribution in [-0.4, -0.2) is 19.7 Å². The molecule has 0 aromatic carbocycles. The number of rotatable bonds is 3. The summed E-state index contributed by atoms with van der Waals surface area (Å²) in [6.07, 6.45) is 5.07. The molecule has 0 aliphatic heterocycles. The standard InChI is InChI=1S/C11H16N6/c1-7(2)9-10(12)13-6-14-11(9)16-8-4-15-17(3)5-8/h4-7H,1-3H3,(H3,12,13,14,16). The summed E-state index contributed by atoms with van der Waals surface area (Å²) in [5.74, 6) is 1.51. The van der Waals surface area contributed by atoms with Crippen LogP contribution in [0, 0.1) is 0 Å². The summed E-state index contributed by atoms with van der Waals surface area (Å²) < 4.78 is 1.72. The number of hydrogen-bond acceptors (Lipinski definition) is 5. The Hall–Kier alpha value is -2.11. The van der Waals surface area contributed by atoms with E-state index in [1.54, 1.807) is 10.9 Å². The lowest BCUT2D eigenvalue weighted by molar-refractivity contribution is 0.768. The molecular weight excluding hydrogens is 216 g/mol. The molecule has 17 heavy (non-hydrogen) atoms. The third-order valence-electron chi connectivity index (χ3n) is 2.46. The minimum absolute atomic E-state index is 0.260. The van der Waals surface area contributed by atoms with Gasteiger partial charge in [0.05, 0.1) is 11.9 Å². The molecule has 0 radical (unpaired) electrons. The van der Waals surface area contributed by atoms with Crippen molar-refractivity contribution >= 4 is 17.3 Å². The molecule has 0 atom stereocenters. The van der Waals surface area contributed by atoms with Crippen LogP contribution in [0.3, 0.4) is 0 Å². The minimum Gasteiger partial charge on any atom is -0.383 e. The summed E-state index contributed by atoms with van der Waals surface area (Å²) >= 11 is 0. The summed E-state index contributed by atoms with van der Waals surface area (Å²) in [4.78, 5) is 8.24. The third-order valence-corrected chi connectivity index (χ3v) is 2.46. The van der Waals surface area contributed by atoms with Gasteiger partial charge in [0.2, 0.25) is 0 Å². The van der Waals surface area contributed by atoms with Gasteiger partial charge in [-0.2, -0.15) is 5.10 Å². The lowest BCUT2D eigenvalue weighted by Gasteiger charge is -2.13. The molecule has 0 unspecified atom stereocenters. The fourth-order valence-electron chi connectivity index (χ4n) is 1.70. The van der Waals surface area contributed by atoms with Gasteiger partial charge in [0.1, 0.15) is 18.0 Å². The van der Waals surface area contributed by atoms with Crippen LogP contribution in [0.2, 0.25) is 0 Å². The predicted molar refractivity (Wildman–Crippen MR) is 67.0 cm³/mol. The molecule has 0 amide bonds. The fraction of sp³-hybridized carbons (Fsp3) is 0.364. The highest BCUT2D eigenvalue weighted by Crippen LogP contribution is 2.28. The molecule has 0 saturated heterocycles. The van der Waals surface area contributed by atoms with E-state index in [1.807, 2.05) is 13.2 Å². The van der Waals surface area contributed by atoms with Gasteiger partial charge in [-0.05, 0) is 5.92 Å². The van der Waals surface area contributed by atoms with E-state index in [1.165, 1.54) is 6.33 Å². The van der Waals surface area contributed by atoms with Crippen molar-refractivity contribution in [2.24, 2.45) is 7.05 Å². The molecule has 0 aliphatic carbocycles. The Morgan fingerprint density at radius 1 is 1.35 bits per heavy atom. The molecule has 0 aliphatic rings. The Bertz CT molecular complexity index is 516. The molecule has 0 saturated carbocycles. The number of nitrogens with one attached hydrogen (secondary N) is 1. The number of nitrogens with two attached hydrogens (primary N) is 1. The number of hydrogen-bond donors (Lipinski definition) is 2. The van der Waals surface area contributed by atoms with Gasteiger partial charge < -0.3 is 11.1 Å². The first-order valence-corrected chi connectivity index (χ1v) is 5.44. The molecule has 2 rings (SSSR count). The minimum atomic E-state index is 0.260. The molecule has 6 heteroatoms. The van der Waals surface area contributed by atoms with E-state index in [-0.39, 0.29) is 5.92 Å². The van der Waals surface area contributed by atoms with Gasteiger partial charge >= 0.3 is 0 Å². The van der Waals surface area contributed by atoms with E-state index >= 15 is 0 Å². The second-order valence-electron chi connectivity index (χ2n) is 4.20. The van der Waals surface area contributed by atoms with Crippen molar-refractivity contribution in [1.82, 2.24) is 19.7 Å². The van der Waals surface area contributed by atoms with Crippen LogP contribution in [0.1, 0.15) is 25.3 Å². The second-order valence-corrected chi connectivity index (χ2v) is 4.20. The number of anilines is 3. The molecule has 2 aromatic rings. The lowest BCUT2D eigenvalue weighted by Crippen LogP contribution is -2.06. The Labute approximate surface area is 99.9 Å². The zero-order chi connectivity index (χ0) is 12.4. The van der Waals surface area contributed by atoms with Gasteiger partial charge in [0.25, 0.3) is 0 Å². The largest absolute Gasteiger partial charge is 0.383 e. The van der Waals surface area contributed by atoms with Gasteiger partial charge in [0, 0.05) is 18.8 Å². The monoisotopic (exact) mass is 232 g/mol. The Morgan fingerprint density at radius 2 is 2.12 bits per heavy atom.